The van der Waals surface area contributed by atoms with E-state index < -0.39 is 10.0 Å². The van der Waals surface area contributed by atoms with Gasteiger partial charge in [-0.2, -0.15) is 4.31 Å². The SMILES string of the molecule is CCN(C1CC1)S(=O)(=O)c1ccc(N)nc1. The Morgan fingerprint density at radius 1 is 1.50 bits per heavy atom. The molecule has 0 spiro atoms. The Balaban J connectivity index is 2.33. The summed E-state index contributed by atoms with van der Waals surface area (Å²) in [6.45, 7) is 2.35. The summed E-state index contributed by atoms with van der Waals surface area (Å²) >= 11 is 0. The lowest BCUT2D eigenvalue weighted by Gasteiger charge is -2.19. The average Bonchev–Trinajstić information content (AvgIpc) is 3.03. The van der Waals surface area contributed by atoms with Crippen molar-refractivity contribution in [1.82, 2.24) is 9.29 Å². The molecule has 1 aromatic rings. The van der Waals surface area contributed by atoms with Gasteiger partial charge in [-0.3, -0.25) is 0 Å². The number of sulfonamides is 1. The predicted molar refractivity (Wildman–Crippen MR) is 61.2 cm³/mol. The third-order valence-electron chi connectivity index (χ3n) is 2.63. The average molecular weight is 241 g/mol. The van der Waals surface area contributed by atoms with Crippen LogP contribution in [0.1, 0.15) is 19.8 Å². The van der Waals surface area contributed by atoms with Crippen molar-refractivity contribution in [1.29, 1.82) is 0 Å². The molecule has 1 heterocycles. The standard InChI is InChI=1S/C10H15N3O2S/c1-2-13(8-3-4-8)16(14,15)9-5-6-10(11)12-7-9/h5-8H,2-4H2,1H3,(H2,11,12). The lowest BCUT2D eigenvalue weighted by atomic mass is 10.5. The zero-order valence-electron chi connectivity index (χ0n) is 9.13. The van der Waals surface area contributed by atoms with Crippen LogP contribution in [0.25, 0.3) is 0 Å². The molecule has 0 saturated heterocycles. The Labute approximate surface area is 95.3 Å². The summed E-state index contributed by atoms with van der Waals surface area (Å²) in [6, 6.07) is 3.18. The molecule has 16 heavy (non-hydrogen) atoms. The first-order valence-corrected chi connectivity index (χ1v) is 6.73. The Kier molecular flexibility index (Phi) is 2.86. The summed E-state index contributed by atoms with van der Waals surface area (Å²) in [4.78, 5) is 4.03. The molecule has 1 aliphatic rings. The molecule has 0 atom stereocenters. The van der Waals surface area contributed by atoms with Crippen LogP contribution in [0, 0.1) is 0 Å². The van der Waals surface area contributed by atoms with Crippen LogP contribution in [-0.2, 0) is 10.0 Å². The van der Waals surface area contributed by atoms with Crippen LogP contribution in [0.4, 0.5) is 5.82 Å². The van der Waals surface area contributed by atoms with Crippen molar-refractivity contribution >= 4 is 15.8 Å². The minimum Gasteiger partial charge on any atom is -0.384 e. The zero-order chi connectivity index (χ0) is 11.8. The van der Waals surface area contributed by atoms with Crippen molar-refractivity contribution in [3.63, 3.8) is 0 Å². The molecule has 6 heteroatoms. The second-order valence-corrected chi connectivity index (χ2v) is 5.75. The molecular weight excluding hydrogens is 226 g/mol. The first-order valence-electron chi connectivity index (χ1n) is 5.29. The highest BCUT2D eigenvalue weighted by Crippen LogP contribution is 2.31. The maximum absolute atomic E-state index is 12.2. The quantitative estimate of drug-likeness (QED) is 0.847. The van der Waals surface area contributed by atoms with Crippen molar-refractivity contribution in [3.8, 4) is 0 Å². The highest BCUT2D eigenvalue weighted by Gasteiger charge is 2.36. The molecule has 0 radical (unpaired) electrons. The fourth-order valence-corrected chi connectivity index (χ4v) is 3.31. The van der Waals surface area contributed by atoms with Gasteiger partial charge in [-0.05, 0) is 25.0 Å². The highest BCUT2D eigenvalue weighted by atomic mass is 32.2. The van der Waals surface area contributed by atoms with E-state index in [1.165, 1.54) is 22.6 Å². The normalized spacial score (nSPS) is 16.6. The molecule has 0 aliphatic heterocycles. The first kappa shape index (κ1) is 11.3. The van der Waals surface area contributed by atoms with Crippen LogP contribution >= 0.6 is 0 Å². The third-order valence-corrected chi connectivity index (χ3v) is 4.64. The molecule has 88 valence electrons. The van der Waals surface area contributed by atoms with Crippen LogP contribution < -0.4 is 5.73 Å². The van der Waals surface area contributed by atoms with E-state index in [0.29, 0.717) is 12.4 Å². The Morgan fingerprint density at radius 3 is 2.62 bits per heavy atom. The number of pyridine rings is 1. The van der Waals surface area contributed by atoms with E-state index in [4.69, 9.17) is 5.73 Å². The maximum Gasteiger partial charge on any atom is 0.244 e. The Bertz CT molecular complexity index is 465. The van der Waals surface area contributed by atoms with Crippen molar-refractivity contribution in [3.05, 3.63) is 18.3 Å². The molecule has 0 bridgehead atoms. The summed E-state index contributed by atoms with van der Waals surface area (Å²) in [5, 5.41) is 0. The van der Waals surface area contributed by atoms with Gasteiger partial charge in [0.2, 0.25) is 10.0 Å². The third kappa shape index (κ3) is 2.03. The maximum atomic E-state index is 12.2. The fraction of sp³-hybridized carbons (Fsp3) is 0.500. The van der Waals surface area contributed by atoms with Crippen LogP contribution in [0.3, 0.4) is 0 Å². The number of hydrogen-bond acceptors (Lipinski definition) is 4. The van der Waals surface area contributed by atoms with E-state index >= 15 is 0 Å². The Hall–Kier alpha value is -1.14. The van der Waals surface area contributed by atoms with E-state index in [9.17, 15) is 8.42 Å². The van der Waals surface area contributed by atoms with Gasteiger partial charge in [-0.15, -0.1) is 0 Å². The van der Waals surface area contributed by atoms with Crippen LogP contribution in [0.15, 0.2) is 23.2 Å². The number of anilines is 1. The largest absolute Gasteiger partial charge is 0.384 e. The summed E-state index contributed by atoms with van der Waals surface area (Å²) in [5.74, 6) is 0.327. The van der Waals surface area contributed by atoms with Crippen LogP contribution in [0.2, 0.25) is 0 Å². The number of aromatic nitrogens is 1. The monoisotopic (exact) mass is 241 g/mol. The minimum absolute atomic E-state index is 0.174. The minimum atomic E-state index is -3.39. The lowest BCUT2D eigenvalue weighted by Crippen LogP contribution is -2.32. The Morgan fingerprint density at radius 2 is 2.19 bits per heavy atom. The van der Waals surface area contributed by atoms with Gasteiger partial charge < -0.3 is 5.73 Å². The van der Waals surface area contributed by atoms with Crippen molar-refractivity contribution in [2.24, 2.45) is 0 Å². The van der Waals surface area contributed by atoms with E-state index in [2.05, 4.69) is 4.98 Å². The van der Waals surface area contributed by atoms with Crippen molar-refractivity contribution in [2.75, 3.05) is 12.3 Å². The molecule has 0 aromatic carbocycles. The van der Waals surface area contributed by atoms with Gasteiger partial charge in [0.25, 0.3) is 0 Å². The van der Waals surface area contributed by atoms with Gasteiger partial charge >= 0.3 is 0 Å². The molecule has 0 amide bonds. The summed E-state index contributed by atoms with van der Waals surface area (Å²) in [6.07, 6.45) is 3.22. The van der Waals surface area contributed by atoms with Gasteiger partial charge in [0.15, 0.2) is 0 Å². The molecular formula is C10H15N3O2S. The number of rotatable bonds is 4. The number of nitrogen functional groups attached to an aromatic ring is 1. The van der Waals surface area contributed by atoms with E-state index in [1.807, 2.05) is 6.92 Å². The van der Waals surface area contributed by atoms with Crippen LogP contribution in [-0.4, -0.2) is 30.3 Å². The van der Waals surface area contributed by atoms with Gasteiger partial charge in [-0.25, -0.2) is 13.4 Å². The van der Waals surface area contributed by atoms with Crippen molar-refractivity contribution < 1.29 is 8.42 Å². The zero-order valence-corrected chi connectivity index (χ0v) is 9.94. The second kappa shape index (κ2) is 4.03. The molecule has 0 unspecified atom stereocenters. The smallest absolute Gasteiger partial charge is 0.244 e. The second-order valence-electron chi connectivity index (χ2n) is 3.86. The highest BCUT2D eigenvalue weighted by molar-refractivity contribution is 7.89. The molecule has 1 saturated carbocycles. The molecule has 5 nitrogen and oxygen atoms in total. The summed E-state index contributed by atoms with van der Waals surface area (Å²) in [5.41, 5.74) is 5.43. The van der Waals surface area contributed by atoms with E-state index in [0.717, 1.165) is 12.8 Å². The fourth-order valence-electron chi connectivity index (χ4n) is 1.67. The van der Waals surface area contributed by atoms with Gasteiger partial charge in [-0.1, -0.05) is 6.92 Å². The van der Waals surface area contributed by atoms with E-state index in [-0.39, 0.29) is 10.9 Å². The molecule has 2 N–H and O–H groups in total. The topological polar surface area (TPSA) is 76.3 Å². The van der Waals surface area contributed by atoms with Gasteiger partial charge in [0, 0.05) is 18.8 Å². The molecule has 1 aromatic heterocycles. The predicted octanol–water partition coefficient (Wildman–Crippen LogP) is 0.837. The summed E-state index contributed by atoms with van der Waals surface area (Å²) < 4.78 is 25.9. The number of nitrogens with zero attached hydrogens (tertiary/aromatic N) is 2. The van der Waals surface area contributed by atoms with E-state index in [1.54, 1.807) is 0 Å². The first-order chi connectivity index (χ1) is 7.55. The van der Waals surface area contributed by atoms with Gasteiger partial charge in [0.05, 0.1) is 0 Å². The number of nitrogens with two attached hydrogens (primary N) is 1. The van der Waals surface area contributed by atoms with Crippen LogP contribution in [0.5, 0.6) is 0 Å². The lowest BCUT2D eigenvalue weighted by molar-refractivity contribution is 0.421. The molecule has 1 fully saturated rings. The van der Waals surface area contributed by atoms with Crippen molar-refractivity contribution in [2.45, 2.75) is 30.7 Å². The summed E-state index contributed by atoms with van der Waals surface area (Å²) in [7, 11) is -3.39. The van der Waals surface area contributed by atoms with Gasteiger partial charge in [0.1, 0.15) is 10.7 Å². The molecule has 2 rings (SSSR count). The number of hydrogen-bond donors (Lipinski definition) is 1. The molecule has 1 aliphatic carbocycles.